The Morgan fingerprint density at radius 2 is 1.89 bits per heavy atom. The Morgan fingerprint density at radius 1 is 1.14 bits per heavy atom. The Hall–Kier alpha value is -2.37. The van der Waals surface area contributed by atoms with Crippen molar-refractivity contribution in [3.8, 4) is 0 Å². The van der Waals surface area contributed by atoms with Gasteiger partial charge in [0.1, 0.15) is 5.60 Å². The van der Waals surface area contributed by atoms with E-state index in [1.165, 1.54) is 0 Å². The highest BCUT2D eigenvalue weighted by atomic mass is 32.3. The van der Waals surface area contributed by atoms with Crippen LogP contribution in [0.4, 0.5) is 5.69 Å². The normalized spacial score (nSPS) is 24.9. The van der Waals surface area contributed by atoms with Gasteiger partial charge < -0.3 is 15.5 Å². The molecule has 0 unspecified atom stereocenters. The van der Waals surface area contributed by atoms with Gasteiger partial charge in [0, 0.05) is 54.2 Å². The molecule has 2 aliphatic heterocycles. The van der Waals surface area contributed by atoms with Crippen LogP contribution in [0.15, 0.2) is 17.5 Å². The van der Waals surface area contributed by atoms with Crippen molar-refractivity contribution in [3.63, 3.8) is 0 Å². The lowest BCUT2D eigenvalue weighted by atomic mass is 9.75. The minimum absolute atomic E-state index is 0.0672. The maximum Gasteiger partial charge on any atom is 0.223 e. The van der Waals surface area contributed by atoms with Gasteiger partial charge in [0.05, 0.1) is 23.0 Å². The molecule has 2 aromatic heterocycles. The van der Waals surface area contributed by atoms with E-state index in [1.54, 1.807) is 0 Å². The molecule has 3 fully saturated rings. The highest BCUT2D eigenvalue weighted by molar-refractivity contribution is 8.24. The first-order chi connectivity index (χ1) is 17.3. The van der Waals surface area contributed by atoms with Crippen molar-refractivity contribution in [1.29, 1.82) is 0 Å². The number of carbonyl (C=O) groups excluding carboxylic acids is 1. The van der Waals surface area contributed by atoms with Gasteiger partial charge in [0.2, 0.25) is 5.91 Å². The molecular formula is C25H36N6O4S. The molecule has 2 saturated carbocycles. The minimum atomic E-state index is -2.45. The van der Waals surface area contributed by atoms with Crippen molar-refractivity contribution in [3.05, 3.63) is 18.0 Å². The number of carbonyl (C=O) groups is 1. The number of nitrogens with one attached hydrogen (secondary N) is 2. The average Bonchev–Trinajstić information content (AvgIpc) is 3.43. The standard InChI is InChI=1S/C25H36N6O4S/c1-2-31-23-20(15-27-31)22(28-18-7-11-36(33,34)12-8-18)19(14-26-23)21-13-25(35-30-21)9-5-16(6-10-25)24(32)29-17-3-4-17/h14-18,33-34H,2-13H2,1H3,(H,26,28)(H,29,32). The fraction of sp³-hybridized carbons (Fsp3) is 0.680. The number of nitrogens with zero attached hydrogens (tertiary/aromatic N) is 4. The van der Waals surface area contributed by atoms with Crippen LogP contribution >= 0.6 is 10.6 Å². The summed E-state index contributed by atoms with van der Waals surface area (Å²) in [6.07, 6.45) is 11.3. The molecule has 0 radical (unpaired) electrons. The van der Waals surface area contributed by atoms with E-state index in [4.69, 9.17) is 9.82 Å². The van der Waals surface area contributed by atoms with Crippen molar-refractivity contribution in [2.45, 2.75) is 88.9 Å². The molecule has 10 nitrogen and oxygen atoms in total. The summed E-state index contributed by atoms with van der Waals surface area (Å²) in [6, 6.07) is 0.532. The molecule has 4 N–H and O–H groups in total. The number of pyridine rings is 1. The van der Waals surface area contributed by atoms with Gasteiger partial charge >= 0.3 is 0 Å². The highest BCUT2D eigenvalue weighted by Crippen LogP contribution is 2.46. The van der Waals surface area contributed by atoms with E-state index in [0.717, 1.165) is 73.1 Å². The molecule has 6 rings (SSSR count). The number of hydrogen-bond donors (Lipinski definition) is 4. The fourth-order valence-electron chi connectivity index (χ4n) is 5.78. The monoisotopic (exact) mass is 516 g/mol. The van der Waals surface area contributed by atoms with Gasteiger partial charge in [-0.05, 0) is 58.3 Å². The predicted molar refractivity (Wildman–Crippen MR) is 141 cm³/mol. The third-order valence-electron chi connectivity index (χ3n) is 8.24. The zero-order valence-electron chi connectivity index (χ0n) is 20.8. The number of fused-ring (bicyclic) bond motifs is 1. The van der Waals surface area contributed by atoms with Gasteiger partial charge in [0.25, 0.3) is 0 Å². The van der Waals surface area contributed by atoms with Crippen LogP contribution in [0, 0.1) is 5.92 Å². The van der Waals surface area contributed by atoms with Crippen molar-refractivity contribution in [2.75, 3.05) is 16.8 Å². The fourth-order valence-corrected chi connectivity index (χ4v) is 7.30. The van der Waals surface area contributed by atoms with Crippen LogP contribution in [-0.2, 0) is 16.2 Å². The van der Waals surface area contributed by atoms with Gasteiger partial charge in [0.15, 0.2) is 5.65 Å². The van der Waals surface area contributed by atoms with Crippen molar-refractivity contribution < 1.29 is 18.7 Å². The molecule has 1 spiro atoms. The molecule has 196 valence electrons. The molecule has 36 heavy (non-hydrogen) atoms. The van der Waals surface area contributed by atoms with Crippen LogP contribution in [-0.4, -0.2) is 64.7 Å². The zero-order valence-corrected chi connectivity index (χ0v) is 21.6. The highest BCUT2D eigenvalue weighted by Gasteiger charge is 2.45. The summed E-state index contributed by atoms with van der Waals surface area (Å²) >= 11 is 0. The lowest BCUT2D eigenvalue weighted by Crippen LogP contribution is -2.40. The molecule has 1 amide bonds. The quantitative estimate of drug-likeness (QED) is 0.454. The Balaban J connectivity index is 1.21. The summed E-state index contributed by atoms with van der Waals surface area (Å²) in [5.74, 6) is 1.11. The first kappa shape index (κ1) is 24.0. The molecular weight excluding hydrogens is 480 g/mol. The molecule has 0 aromatic carbocycles. The summed E-state index contributed by atoms with van der Waals surface area (Å²) in [5.41, 5.74) is 3.20. The van der Waals surface area contributed by atoms with E-state index < -0.39 is 10.6 Å². The van der Waals surface area contributed by atoms with Gasteiger partial charge in [-0.1, -0.05) is 5.16 Å². The zero-order chi connectivity index (χ0) is 24.9. The molecule has 4 aliphatic rings. The summed E-state index contributed by atoms with van der Waals surface area (Å²) in [6.45, 7) is 2.77. The van der Waals surface area contributed by atoms with Crippen LogP contribution in [0.2, 0.25) is 0 Å². The smallest absolute Gasteiger partial charge is 0.223 e. The van der Waals surface area contributed by atoms with E-state index >= 15 is 0 Å². The third-order valence-corrected chi connectivity index (χ3v) is 10.0. The van der Waals surface area contributed by atoms with Crippen LogP contribution < -0.4 is 10.6 Å². The summed E-state index contributed by atoms with van der Waals surface area (Å²) in [4.78, 5) is 23.4. The number of rotatable bonds is 6. The van der Waals surface area contributed by atoms with Crippen LogP contribution in [0.5, 0.6) is 0 Å². The minimum Gasteiger partial charge on any atom is -0.389 e. The van der Waals surface area contributed by atoms with Gasteiger partial charge in [-0.25, -0.2) is 9.67 Å². The second kappa shape index (κ2) is 9.18. The van der Waals surface area contributed by atoms with Crippen molar-refractivity contribution in [2.24, 2.45) is 11.1 Å². The maximum atomic E-state index is 12.5. The molecule has 0 bridgehead atoms. The number of aryl methyl sites for hydroxylation is 1. The van der Waals surface area contributed by atoms with Crippen LogP contribution in [0.1, 0.15) is 70.3 Å². The Morgan fingerprint density at radius 3 is 2.58 bits per heavy atom. The molecule has 4 heterocycles. The van der Waals surface area contributed by atoms with E-state index in [1.807, 2.05) is 24.0 Å². The van der Waals surface area contributed by atoms with E-state index in [-0.39, 0.29) is 23.5 Å². The topological polar surface area (TPSA) is 134 Å². The molecule has 0 atom stereocenters. The summed E-state index contributed by atoms with van der Waals surface area (Å²) in [7, 11) is -2.45. The Labute approximate surface area is 212 Å². The van der Waals surface area contributed by atoms with Gasteiger partial charge in [-0.15, -0.1) is 0 Å². The number of hydrogen-bond acceptors (Lipinski definition) is 8. The van der Waals surface area contributed by atoms with Crippen LogP contribution in [0.3, 0.4) is 0 Å². The van der Waals surface area contributed by atoms with E-state index in [9.17, 15) is 13.9 Å². The second-order valence-corrected chi connectivity index (χ2v) is 13.3. The van der Waals surface area contributed by atoms with Crippen molar-refractivity contribution in [1.82, 2.24) is 20.1 Å². The van der Waals surface area contributed by atoms with Crippen molar-refractivity contribution >= 4 is 38.9 Å². The number of aromatic nitrogens is 3. The first-order valence-corrected chi connectivity index (χ1v) is 15.1. The lowest BCUT2D eigenvalue weighted by molar-refractivity contribution is -0.129. The first-order valence-electron chi connectivity index (χ1n) is 13.3. The molecule has 2 aliphatic carbocycles. The number of anilines is 1. The SMILES string of the molecule is CCn1ncc2c(NC3CCS(O)(O)CC3)c(C3=NOC4(CCC(C(=O)NC5CC5)CC4)C3)cnc21. The van der Waals surface area contributed by atoms with E-state index in [0.29, 0.717) is 36.8 Å². The number of amides is 1. The van der Waals surface area contributed by atoms with Gasteiger partial charge in [-0.3, -0.25) is 13.9 Å². The van der Waals surface area contributed by atoms with Gasteiger partial charge in [-0.2, -0.15) is 15.7 Å². The largest absolute Gasteiger partial charge is 0.389 e. The predicted octanol–water partition coefficient (Wildman–Crippen LogP) is 4.11. The second-order valence-electron chi connectivity index (χ2n) is 10.9. The molecule has 1 saturated heterocycles. The maximum absolute atomic E-state index is 12.5. The molecule has 11 heteroatoms. The Kier molecular flexibility index (Phi) is 6.12. The average molecular weight is 517 g/mol. The summed E-state index contributed by atoms with van der Waals surface area (Å²) < 4.78 is 22.0. The van der Waals surface area contributed by atoms with Crippen LogP contribution in [0.25, 0.3) is 11.0 Å². The molecule has 2 aromatic rings. The summed E-state index contributed by atoms with van der Waals surface area (Å²) in [5, 5.41) is 16.9. The number of oxime groups is 1. The van der Waals surface area contributed by atoms with E-state index in [2.05, 4.69) is 20.9 Å². The Bertz CT molecular complexity index is 1170. The lowest BCUT2D eigenvalue weighted by Gasteiger charge is -2.39. The third kappa shape index (κ3) is 4.68.